The molecule has 5 heavy (non-hydrogen) atoms. The summed E-state index contributed by atoms with van der Waals surface area (Å²) < 4.78 is 15.2. The number of rotatable bonds is 2. The summed E-state index contributed by atoms with van der Waals surface area (Å²) in [5.74, 6) is 0. The Balaban J connectivity index is 2.19. The zero-order chi connectivity index (χ0) is 4.12. The normalized spacial score (nSPS) is 11.4. The van der Waals surface area contributed by atoms with Crippen LogP contribution in [0.5, 0.6) is 0 Å². The van der Waals surface area contributed by atoms with Crippen molar-refractivity contribution in [2.45, 2.75) is 0 Å². The van der Waals surface area contributed by atoms with E-state index in [-0.39, 0.29) is 0 Å². The van der Waals surface area contributed by atoms with Crippen molar-refractivity contribution in [3.8, 4) is 0 Å². The van der Waals surface area contributed by atoms with Gasteiger partial charge in [-0.3, -0.25) is 0 Å². The molecule has 0 aromatic carbocycles. The van der Waals surface area contributed by atoms with Crippen LogP contribution in [0.3, 0.4) is 0 Å². The second-order valence-corrected chi connectivity index (χ2v) is 3.43. The summed E-state index contributed by atoms with van der Waals surface area (Å²) in [5, 5.41) is 0. The molecule has 0 aromatic heterocycles. The van der Waals surface area contributed by atoms with E-state index < -0.39 is 9.76 Å². The highest BCUT2D eigenvalue weighted by Crippen LogP contribution is 1.68. The van der Waals surface area contributed by atoms with Crippen molar-refractivity contribution in [3.05, 3.63) is 6.30 Å². The summed E-state index contributed by atoms with van der Waals surface area (Å²) in [6.45, 7) is 0. The van der Waals surface area contributed by atoms with Crippen molar-refractivity contribution in [1.29, 1.82) is 0 Å². The van der Waals surface area contributed by atoms with E-state index in [0.29, 0.717) is 10.5 Å². The third-order valence-corrected chi connectivity index (χ3v) is 1.46. The zero-order valence-corrected chi connectivity index (χ0v) is 6.41. The maximum Gasteiger partial charge on any atom is 0.194 e. The zero-order valence-electron chi connectivity index (χ0n) is 2.99. The minimum absolute atomic E-state index is 0.658. The maximum absolute atomic E-state index is 10.7. The van der Waals surface area contributed by atoms with Crippen molar-refractivity contribution >= 4 is 20.2 Å². The Morgan fingerprint density at radius 1 is 2.00 bits per heavy atom. The van der Waals surface area contributed by atoms with Gasteiger partial charge in [0.05, 0.1) is 0 Å². The van der Waals surface area contributed by atoms with Crippen molar-refractivity contribution in [1.82, 2.24) is 0 Å². The molecule has 0 bridgehead atoms. The molecular weight excluding hydrogens is 103 g/mol. The Morgan fingerprint density at radius 3 is 2.60 bits per heavy atom. The first-order chi connectivity index (χ1) is 2.41. The lowest BCUT2D eigenvalue weighted by atomic mass is 11.8. The molecule has 0 N–H and O–H groups in total. The van der Waals surface area contributed by atoms with Crippen LogP contribution < -0.4 is 0 Å². The van der Waals surface area contributed by atoms with Gasteiger partial charge in [-0.05, 0) is 0 Å². The summed E-state index contributed by atoms with van der Waals surface area (Å²) >= 11 is 0. The predicted octanol–water partition coefficient (Wildman–Crippen LogP) is -1.67. The molecule has 2 radical (unpaired) electrons. The topological polar surface area (TPSA) is 9.23 Å². The number of hydrogen-bond donors (Lipinski definition) is 0. The lowest BCUT2D eigenvalue weighted by Gasteiger charge is -1.79. The van der Waals surface area contributed by atoms with Crippen LogP contribution in [0.25, 0.3) is 0 Å². The Bertz CT molecular complexity index is 17.1. The second-order valence-electron chi connectivity index (χ2n) is 0.567. The summed E-state index contributed by atoms with van der Waals surface area (Å²) in [7, 11) is -0.265. The van der Waals surface area contributed by atoms with Gasteiger partial charge in [0.15, 0.2) is 16.1 Å². The smallest absolute Gasteiger partial charge is 0.194 e. The van der Waals surface area contributed by atoms with E-state index in [9.17, 15) is 4.39 Å². The highest BCUT2D eigenvalue weighted by molar-refractivity contribution is 6.37. The van der Waals surface area contributed by atoms with Gasteiger partial charge in [-0.2, -0.15) is 0 Å². The molecule has 0 saturated heterocycles. The van der Waals surface area contributed by atoms with Crippen LogP contribution in [0.4, 0.5) is 4.39 Å². The Hall–Kier alpha value is 0.324. The van der Waals surface area contributed by atoms with Gasteiger partial charge in [-0.15, -0.1) is 0 Å². The molecule has 30 valence electrons. The van der Waals surface area contributed by atoms with Gasteiger partial charge < -0.3 is 4.12 Å². The van der Waals surface area contributed by atoms with E-state index in [1.165, 1.54) is 6.30 Å². The van der Waals surface area contributed by atoms with E-state index in [4.69, 9.17) is 0 Å². The molecule has 0 aliphatic carbocycles. The molecule has 4 heteroatoms. The van der Waals surface area contributed by atoms with Crippen LogP contribution in [0.1, 0.15) is 0 Å². The van der Waals surface area contributed by atoms with Crippen LogP contribution in [0, 0.1) is 6.30 Å². The molecule has 0 rings (SSSR count). The molecule has 0 fully saturated rings. The fourth-order valence-electron chi connectivity index (χ4n) is 0.0546. The minimum Gasteiger partial charge on any atom is -0.466 e. The van der Waals surface area contributed by atoms with Gasteiger partial charge in [0, 0.05) is 0 Å². The standard InChI is InChI=1S/CH5FOSi2/c2-1-5-3-4/h5H2,4H3. The molecule has 0 aromatic rings. The molecule has 0 aliphatic heterocycles. The fraction of sp³-hybridized carbons (Fsp3) is 0. The van der Waals surface area contributed by atoms with E-state index in [1.807, 2.05) is 0 Å². The number of halogens is 1. The van der Waals surface area contributed by atoms with Gasteiger partial charge >= 0.3 is 0 Å². The van der Waals surface area contributed by atoms with Crippen LogP contribution in [-0.2, 0) is 4.12 Å². The average Bonchev–Trinajstić information content (AvgIpc) is 1.41. The SMILES string of the molecule is F[C][SiH2]O[SiH3]. The molecular formula is CH5FOSi2. The summed E-state index contributed by atoms with van der Waals surface area (Å²) in [6.07, 6.45) is 1.47. The highest BCUT2D eigenvalue weighted by Gasteiger charge is 1.76. The lowest BCUT2D eigenvalue weighted by Crippen LogP contribution is -1.89. The van der Waals surface area contributed by atoms with Gasteiger partial charge in [0.25, 0.3) is 0 Å². The van der Waals surface area contributed by atoms with E-state index in [0.717, 1.165) is 0 Å². The maximum atomic E-state index is 10.7. The summed E-state index contributed by atoms with van der Waals surface area (Å²) in [6, 6.07) is 0. The minimum atomic E-state index is -0.923. The van der Waals surface area contributed by atoms with E-state index in [2.05, 4.69) is 4.12 Å². The van der Waals surface area contributed by atoms with E-state index in [1.54, 1.807) is 0 Å². The van der Waals surface area contributed by atoms with Crippen LogP contribution in [0.15, 0.2) is 0 Å². The molecule has 0 amide bonds. The number of hydrogen-bond acceptors (Lipinski definition) is 1. The Kier molecular flexibility index (Phi) is 4.60. The van der Waals surface area contributed by atoms with Gasteiger partial charge in [-0.25, -0.2) is 4.39 Å². The quantitative estimate of drug-likeness (QED) is 0.384. The second kappa shape index (κ2) is 4.32. The third-order valence-electron chi connectivity index (χ3n) is 0.199. The molecule has 1 nitrogen and oxygen atoms in total. The van der Waals surface area contributed by atoms with Gasteiger partial charge in [-0.1, -0.05) is 0 Å². The third kappa shape index (κ3) is 4.32. The summed E-state index contributed by atoms with van der Waals surface area (Å²) in [4.78, 5) is 0. The van der Waals surface area contributed by atoms with Crippen molar-refractivity contribution in [3.63, 3.8) is 0 Å². The molecule has 0 spiro atoms. The van der Waals surface area contributed by atoms with Crippen molar-refractivity contribution < 1.29 is 8.51 Å². The van der Waals surface area contributed by atoms with Gasteiger partial charge in [0.1, 0.15) is 10.5 Å². The van der Waals surface area contributed by atoms with Gasteiger partial charge in [0.2, 0.25) is 0 Å². The highest BCUT2D eigenvalue weighted by atomic mass is 28.3. The molecule has 0 aliphatic rings. The predicted molar refractivity (Wildman–Crippen MR) is 23.9 cm³/mol. The molecule has 0 unspecified atom stereocenters. The molecule has 0 heterocycles. The first kappa shape index (κ1) is 5.32. The lowest BCUT2D eigenvalue weighted by molar-refractivity contribution is 0.609. The fourth-order valence-corrected chi connectivity index (χ4v) is 0.491. The molecule has 0 saturated carbocycles. The molecule has 0 atom stereocenters. The summed E-state index contributed by atoms with van der Waals surface area (Å²) in [5.41, 5.74) is 0. The first-order valence-electron chi connectivity index (χ1n) is 1.24. The Morgan fingerprint density at radius 2 is 2.60 bits per heavy atom. The average molecular weight is 108 g/mol. The van der Waals surface area contributed by atoms with Crippen molar-refractivity contribution in [2.75, 3.05) is 0 Å². The monoisotopic (exact) mass is 108 g/mol. The van der Waals surface area contributed by atoms with Crippen LogP contribution >= 0.6 is 0 Å². The Labute approximate surface area is 36.0 Å². The largest absolute Gasteiger partial charge is 0.466 e. The van der Waals surface area contributed by atoms with Crippen LogP contribution in [0.2, 0.25) is 0 Å². The van der Waals surface area contributed by atoms with E-state index >= 15 is 0 Å². The van der Waals surface area contributed by atoms with Crippen LogP contribution in [-0.4, -0.2) is 20.2 Å². The van der Waals surface area contributed by atoms with Crippen molar-refractivity contribution in [2.24, 2.45) is 0 Å². The first-order valence-corrected chi connectivity index (χ1v) is 3.34.